The molecule has 0 atom stereocenters. The van der Waals surface area contributed by atoms with E-state index in [9.17, 15) is 4.79 Å². The summed E-state index contributed by atoms with van der Waals surface area (Å²) < 4.78 is 1.69. The highest BCUT2D eigenvalue weighted by Gasteiger charge is 2.06. The number of aryl methyl sites for hydroxylation is 1. The average Bonchev–Trinajstić information content (AvgIpc) is 2.85. The van der Waals surface area contributed by atoms with E-state index in [0.29, 0.717) is 0 Å². The van der Waals surface area contributed by atoms with E-state index in [1.807, 2.05) is 24.4 Å². The van der Waals surface area contributed by atoms with Crippen molar-refractivity contribution < 1.29 is 0 Å². The molecule has 5 nitrogen and oxygen atoms in total. The van der Waals surface area contributed by atoms with Crippen LogP contribution in [0.25, 0.3) is 16.9 Å². The van der Waals surface area contributed by atoms with E-state index in [1.165, 1.54) is 6.33 Å². The number of hydrogen-bond donors (Lipinski definition) is 1. The number of hydrogen-bond acceptors (Lipinski definition) is 3. The Morgan fingerprint density at radius 2 is 2.17 bits per heavy atom. The normalized spacial score (nSPS) is 10.9. The molecule has 0 aliphatic heterocycles. The van der Waals surface area contributed by atoms with Gasteiger partial charge in [-0.3, -0.25) is 4.79 Å². The van der Waals surface area contributed by atoms with Crippen LogP contribution in [0.5, 0.6) is 0 Å². The van der Waals surface area contributed by atoms with Gasteiger partial charge >= 0.3 is 0 Å². The minimum absolute atomic E-state index is 0.0964. The number of rotatable bonds is 2. The van der Waals surface area contributed by atoms with Crippen LogP contribution in [-0.2, 0) is 6.42 Å². The first-order chi connectivity index (χ1) is 8.78. The third-order valence-electron chi connectivity index (χ3n) is 2.95. The smallest absolute Gasteiger partial charge is 0.248 e. The summed E-state index contributed by atoms with van der Waals surface area (Å²) in [6.45, 7) is 2.06. The molecule has 0 aliphatic rings. The van der Waals surface area contributed by atoms with E-state index in [0.717, 1.165) is 28.9 Å². The monoisotopic (exact) mass is 240 g/mol. The zero-order chi connectivity index (χ0) is 12.5. The van der Waals surface area contributed by atoms with Gasteiger partial charge in [-0.2, -0.15) is 5.10 Å². The molecule has 0 amide bonds. The van der Waals surface area contributed by atoms with Crippen LogP contribution in [-0.4, -0.2) is 19.6 Å². The Bertz CT molecular complexity index is 757. The highest BCUT2D eigenvalue weighted by molar-refractivity contribution is 5.63. The zero-order valence-corrected chi connectivity index (χ0v) is 9.92. The highest BCUT2D eigenvalue weighted by Crippen LogP contribution is 2.20. The molecule has 0 unspecified atom stereocenters. The lowest BCUT2D eigenvalue weighted by Crippen LogP contribution is -2.07. The molecule has 18 heavy (non-hydrogen) atoms. The number of fused-ring (bicyclic) bond motifs is 1. The number of aromatic amines is 1. The Morgan fingerprint density at radius 3 is 3.00 bits per heavy atom. The fraction of sp³-hybridized carbons (Fsp3) is 0.154. The summed E-state index contributed by atoms with van der Waals surface area (Å²) in [6, 6.07) is 7.23. The van der Waals surface area contributed by atoms with Gasteiger partial charge in [0.2, 0.25) is 5.56 Å². The molecule has 0 saturated carbocycles. The predicted molar refractivity (Wildman–Crippen MR) is 68.4 cm³/mol. The molecule has 3 heterocycles. The fourth-order valence-electron chi connectivity index (χ4n) is 2.02. The summed E-state index contributed by atoms with van der Waals surface area (Å²) in [4.78, 5) is 18.4. The van der Waals surface area contributed by atoms with Crippen molar-refractivity contribution in [3.05, 3.63) is 52.7 Å². The molecule has 3 aromatic rings. The van der Waals surface area contributed by atoms with Crippen molar-refractivity contribution in [1.29, 1.82) is 0 Å². The van der Waals surface area contributed by atoms with Crippen molar-refractivity contribution in [2.75, 3.05) is 0 Å². The van der Waals surface area contributed by atoms with Crippen molar-refractivity contribution in [3.8, 4) is 11.3 Å². The molecule has 0 radical (unpaired) electrons. The van der Waals surface area contributed by atoms with Gasteiger partial charge in [0.1, 0.15) is 6.33 Å². The van der Waals surface area contributed by atoms with Crippen LogP contribution in [0.1, 0.15) is 12.5 Å². The Hall–Kier alpha value is -2.43. The first kappa shape index (κ1) is 10.7. The van der Waals surface area contributed by atoms with Crippen molar-refractivity contribution in [2.45, 2.75) is 13.3 Å². The first-order valence-electron chi connectivity index (χ1n) is 5.80. The predicted octanol–water partition coefficient (Wildman–Crippen LogP) is 1.65. The van der Waals surface area contributed by atoms with Gasteiger partial charge in [-0.05, 0) is 24.1 Å². The standard InChI is InChI=1S/C13H12N4O/c1-2-9-4-6-12(18)16-13(9)10-3-5-11-14-8-15-17(11)7-10/h3-8H,2H2,1H3,(H,16,18). The molecule has 3 rings (SSSR count). The van der Waals surface area contributed by atoms with E-state index in [1.54, 1.807) is 10.6 Å². The molecule has 0 aliphatic carbocycles. The molecule has 0 fully saturated rings. The molecule has 90 valence electrons. The number of H-pyrrole nitrogens is 1. The topological polar surface area (TPSA) is 63.0 Å². The second kappa shape index (κ2) is 4.10. The van der Waals surface area contributed by atoms with Crippen LogP contribution in [0.3, 0.4) is 0 Å². The summed E-state index contributed by atoms with van der Waals surface area (Å²) in [5.41, 5.74) is 3.58. The molecule has 0 saturated heterocycles. The molecule has 0 bridgehead atoms. The van der Waals surface area contributed by atoms with Crippen molar-refractivity contribution in [2.24, 2.45) is 0 Å². The summed E-state index contributed by atoms with van der Waals surface area (Å²) in [5, 5.41) is 4.10. The van der Waals surface area contributed by atoms with Gasteiger partial charge < -0.3 is 4.98 Å². The van der Waals surface area contributed by atoms with Crippen LogP contribution >= 0.6 is 0 Å². The minimum Gasteiger partial charge on any atom is -0.322 e. The molecule has 3 aromatic heterocycles. The first-order valence-corrected chi connectivity index (χ1v) is 5.80. The summed E-state index contributed by atoms with van der Waals surface area (Å²) >= 11 is 0. The van der Waals surface area contributed by atoms with Crippen molar-refractivity contribution in [3.63, 3.8) is 0 Å². The number of aromatic nitrogens is 4. The molecular weight excluding hydrogens is 228 g/mol. The van der Waals surface area contributed by atoms with Crippen LogP contribution < -0.4 is 5.56 Å². The van der Waals surface area contributed by atoms with Gasteiger partial charge in [-0.25, -0.2) is 9.50 Å². The second-order valence-electron chi connectivity index (χ2n) is 4.06. The molecule has 0 aromatic carbocycles. The minimum atomic E-state index is -0.0964. The van der Waals surface area contributed by atoms with E-state index in [4.69, 9.17) is 0 Å². The molecule has 0 spiro atoms. The summed E-state index contributed by atoms with van der Waals surface area (Å²) in [5.74, 6) is 0. The Kier molecular flexibility index (Phi) is 2.44. The van der Waals surface area contributed by atoms with Crippen LogP contribution in [0.15, 0.2) is 41.6 Å². The quantitative estimate of drug-likeness (QED) is 0.740. The maximum absolute atomic E-state index is 11.5. The largest absolute Gasteiger partial charge is 0.322 e. The lowest BCUT2D eigenvalue weighted by atomic mass is 10.1. The van der Waals surface area contributed by atoms with Gasteiger partial charge in [0, 0.05) is 17.8 Å². The van der Waals surface area contributed by atoms with E-state index >= 15 is 0 Å². The van der Waals surface area contributed by atoms with Gasteiger partial charge in [-0.1, -0.05) is 13.0 Å². The van der Waals surface area contributed by atoms with Gasteiger partial charge in [0.05, 0.1) is 5.69 Å². The summed E-state index contributed by atoms with van der Waals surface area (Å²) in [7, 11) is 0. The maximum Gasteiger partial charge on any atom is 0.248 e. The van der Waals surface area contributed by atoms with Gasteiger partial charge in [-0.15, -0.1) is 0 Å². The average molecular weight is 240 g/mol. The fourth-order valence-corrected chi connectivity index (χ4v) is 2.02. The number of nitrogens with one attached hydrogen (secondary N) is 1. The van der Waals surface area contributed by atoms with E-state index in [-0.39, 0.29) is 5.56 Å². The van der Waals surface area contributed by atoms with E-state index in [2.05, 4.69) is 22.0 Å². The highest BCUT2D eigenvalue weighted by atomic mass is 16.1. The zero-order valence-electron chi connectivity index (χ0n) is 9.92. The van der Waals surface area contributed by atoms with Crippen LogP contribution in [0, 0.1) is 0 Å². The molecular formula is C13H12N4O. The van der Waals surface area contributed by atoms with Gasteiger partial charge in [0.15, 0.2) is 5.65 Å². The van der Waals surface area contributed by atoms with Crippen LogP contribution in [0.2, 0.25) is 0 Å². The lowest BCUT2D eigenvalue weighted by Gasteiger charge is -2.07. The lowest BCUT2D eigenvalue weighted by molar-refractivity contribution is 0.959. The van der Waals surface area contributed by atoms with E-state index < -0.39 is 0 Å². The SMILES string of the molecule is CCc1ccc(=O)[nH]c1-c1ccc2ncnn2c1. The Labute approximate surface area is 103 Å². The van der Waals surface area contributed by atoms with Gasteiger partial charge in [0.25, 0.3) is 0 Å². The summed E-state index contributed by atoms with van der Waals surface area (Å²) in [6.07, 6.45) is 4.24. The maximum atomic E-state index is 11.5. The van der Waals surface area contributed by atoms with Crippen molar-refractivity contribution in [1.82, 2.24) is 19.6 Å². The van der Waals surface area contributed by atoms with Crippen LogP contribution in [0.4, 0.5) is 0 Å². The number of nitrogens with zero attached hydrogens (tertiary/aromatic N) is 3. The number of pyridine rings is 2. The third-order valence-corrected chi connectivity index (χ3v) is 2.95. The Balaban J connectivity index is 2.24. The molecule has 5 heteroatoms. The van der Waals surface area contributed by atoms with Crippen molar-refractivity contribution >= 4 is 5.65 Å². The second-order valence-corrected chi connectivity index (χ2v) is 4.06. The molecule has 1 N–H and O–H groups in total. The Morgan fingerprint density at radius 1 is 1.28 bits per heavy atom. The third kappa shape index (κ3) is 1.69.